The number of Topliss-reactive ketones (excluding diaryl/α,β-unsaturated/α-hetero) is 1. The van der Waals surface area contributed by atoms with Gasteiger partial charge in [-0.1, -0.05) is 0 Å². The maximum absolute atomic E-state index is 11.5. The smallest absolute Gasteiger partial charge is 0.163 e. The lowest BCUT2D eigenvalue weighted by molar-refractivity contribution is 0.101. The number of hydrogen-bond donors (Lipinski definition) is 0. The molecule has 18 heavy (non-hydrogen) atoms. The highest BCUT2D eigenvalue weighted by Gasteiger charge is 2.14. The fourth-order valence-electron chi connectivity index (χ4n) is 2.26. The molecule has 0 aliphatic rings. The molecule has 0 aliphatic heterocycles. The SMILES string of the molecule is CC(=O)c1c(C)nn(CCc2cnn(C)c2)c1C. The van der Waals surface area contributed by atoms with Crippen molar-refractivity contribution in [3.8, 4) is 0 Å². The first-order valence-corrected chi connectivity index (χ1v) is 6.01. The molecule has 0 aromatic carbocycles. The summed E-state index contributed by atoms with van der Waals surface area (Å²) in [6, 6.07) is 0. The van der Waals surface area contributed by atoms with E-state index < -0.39 is 0 Å². The summed E-state index contributed by atoms with van der Waals surface area (Å²) in [6.07, 6.45) is 4.72. The monoisotopic (exact) mass is 246 g/mol. The molecule has 0 radical (unpaired) electrons. The average molecular weight is 246 g/mol. The lowest BCUT2D eigenvalue weighted by Crippen LogP contribution is -2.06. The summed E-state index contributed by atoms with van der Waals surface area (Å²) in [5.74, 6) is 0.0811. The maximum Gasteiger partial charge on any atom is 0.163 e. The summed E-state index contributed by atoms with van der Waals surface area (Å²) >= 11 is 0. The molecule has 0 aliphatic carbocycles. The predicted molar refractivity (Wildman–Crippen MR) is 68.6 cm³/mol. The Morgan fingerprint density at radius 2 is 2.11 bits per heavy atom. The highest BCUT2D eigenvalue weighted by Crippen LogP contribution is 2.14. The van der Waals surface area contributed by atoms with Crippen molar-refractivity contribution in [3.63, 3.8) is 0 Å². The van der Waals surface area contributed by atoms with Crippen LogP contribution in [-0.4, -0.2) is 25.3 Å². The third kappa shape index (κ3) is 2.34. The minimum Gasteiger partial charge on any atom is -0.294 e. The Morgan fingerprint density at radius 3 is 2.61 bits per heavy atom. The Morgan fingerprint density at radius 1 is 1.39 bits per heavy atom. The number of aryl methyl sites for hydroxylation is 4. The minimum absolute atomic E-state index is 0.0811. The van der Waals surface area contributed by atoms with Crippen LogP contribution in [0.5, 0.6) is 0 Å². The zero-order chi connectivity index (χ0) is 13.3. The molecule has 0 unspecified atom stereocenters. The zero-order valence-corrected chi connectivity index (χ0v) is 11.3. The molecule has 0 N–H and O–H groups in total. The third-order valence-corrected chi connectivity index (χ3v) is 3.10. The maximum atomic E-state index is 11.5. The van der Waals surface area contributed by atoms with Gasteiger partial charge in [-0.25, -0.2) is 0 Å². The Balaban J connectivity index is 2.15. The standard InChI is InChI=1S/C13H18N4O/c1-9-13(11(3)18)10(2)17(15-9)6-5-12-7-14-16(4)8-12/h7-8H,5-6H2,1-4H3. The molecular formula is C13H18N4O. The molecule has 2 aromatic heterocycles. The van der Waals surface area contributed by atoms with Gasteiger partial charge in [0.15, 0.2) is 5.78 Å². The van der Waals surface area contributed by atoms with E-state index in [-0.39, 0.29) is 5.78 Å². The van der Waals surface area contributed by atoms with Crippen molar-refractivity contribution in [1.29, 1.82) is 0 Å². The van der Waals surface area contributed by atoms with Gasteiger partial charge in [0.25, 0.3) is 0 Å². The first-order valence-electron chi connectivity index (χ1n) is 6.01. The normalized spacial score (nSPS) is 10.9. The van der Waals surface area contributed by atoms with Gasteiger partial charge < -0.3 is 0 Å². The molecule has 5 nitrogen and oxygen atoms in total. The summed E-state index contributed by atoms with van der Waals surface area (Å²) in [5.41, 5.74) is 3.69. The van der Waals surface area contributed by atoms with Crippen LogP contribution in [-0.2, 0) is 20.0 Å². The molecule has 96 valence electrons. The van der Waals surface area contributed by atoms with Crippen molar-refractivity contribution < 1.29 is 4.79 Å². The van der Waals surface area contributed by atoms with E-state index in [0.29, 0.717) is 0 Å². The van der Waals surface area contributed by atoms with Gasteiger partial charge in [-0.05, 0) is 32.8 Å². The van der Waals surface area contributed by atoms with Crippen molar-refractivity contribution in [2.75, 3.05) is 0 Å². The second-order valence-corrected chi connectivity index (χ2v) is 4.60. The van der Waals surface area contributed by atoms with Gasteiger partial charge >= 0.3 is 0 Å². The number of carbonyl (C=O) groups excluding carboxylic acids is 1. The van der Waals surface area contributed by atoms with Crippen LogP contribution in [0.15, 0.2) is 12.4 Å². The molecular weight excluding hydrogens is 228 g/mol. The summed E-state index contributed by atoms with van der Waals surface area (Å²) in [4.78, 5) is 11.5. The van der Waals surface area contributed by atoms with E-state index in [1.165, 1.54) is 5.56 Å². The molecule has 0 bridgehead atoms. The second-order valence-electron chi connectivity index (χ2n) is 4.60. The fourth-order valence-corrected chi connectivity index (χ4v) is 2.26. The molecule has 2 aromatic rings. The van der Waals surface area contributed by atoms with Crippen molar-refractivity contribution in [2.45, 2.75) is 33.7 Å². The quantitative estimate of drug-likeness (QED) is 0.771. The summed E-state index contributed by atoms with van der Waals surface area (Å²) < 4.78 is 3.69. The van der Waals surface area contributed by atoms with E-state index in [0.717, 1.165) is 29.9 Å². The van der Waals surface area contributed by atoms with Crippen LogP contribution in [0.3, 0.4) is 0 Å². The van der Waals surface area contributed by atoms with Crippen molar-refractivity contribution in [3.05, 3.63) is 34.9 Å². The Kier molecular flexibility index (Phi) is 3.32. The Hall–Kier alpha value is -1.91. The van der Waals surface area contributed by atoms with Gasteiger partial charge in [0.05, 0.1) is 17.5 Å². The van der Waals surface area contributed by atoms with Crippen molar-refractivity contribution >= 4 is 5.78 Å². The lowest BCUT2D eigenvalue weighted by atomic mass is 10.1. The predicted octanol–water partition coefficient (Wildman–Crippen LogP) is 1.68. The van der Waals surface area contributed by atoms with Crippen LogP contribution < -0.4 is 0 Å². The number of aromatic nitrogens is 4. The first kappa shape index (κ1) is 12.5. The van der Waals surface area contributed by atoms with Gasteiger partial charge in [0, 0.05) is 25.5 Å². The highest BCUT2D eigenvalue weighted by molar-refractivity contribution is 5.96. The Bertz CT molecular complexity index is 580. The van der Waals surface area contributed by atoms with Gasteiger partial charge in [0.2, 0.25) is 0 Å². The van der Waals surface area contributed by atoms with Crippen LogP contribution in [0.1, 0.15) is 34.2 Å². The molecule has 5 heteroatoms. The molecule has 0 saturated heterocycles. The average Bonchev–Trinajstić information content (AvgIpc) is 2.80. The Labute approximate surface area is 106 Å². The molecule has 0 spiro atoms. The zero-order valence-electron chi connectivity index (χ0n) is 11.3. The molecule has 2 heterocycles. The van der Waals surface area contributed by atoms with E-state index in [1.807, 2.05) is 38.0 Å². The summed E-state index contributed by atoms with van der Waals surface area (Å²) in [6.45, 7) is 6.18. The fraction of sp³-hybridized carbons (Fsp3) is 0.462. The molecule has 0 saturated carbocycles. The number of carbonyl (C=O) groups is 1. The van der Waals surface area contributed by atoms with Crippen LogP contribution >= 0.6 is 0 Å². The number of hydrogen-bond acceptors (Lipinski definition) is 3. The van der Waals surface area contributed by atoms with Crippen LogP contribution in [0, 0.1) is 13.8 Å². The van der Waals surface area contributed by atoms with Gasteiger partial charge in [0.1, 0.15) is 0 Å². The van der Waals surface area contributed by atoms with Gasteiger partial charge in [-0.2, -0.15) is 10.2 Å². The van der Waals surface area contributed by atoms with Crippen LogP contribution in [0.2, 0.25) is 0 Å². The largest absolute Gasteiger partial charge is 0.294 e. The minimum atomic E-state index is 0.0811. The topological polar surface area (TPSA) is 52.7 Å². The molecule has 0 amide bonds. The van der Waals surface area contributed by atoms with Crippen molar-refractivity contribution in [2.24, 2.45) is 7.05 Å². The third-order valence-electron chi connectivity index (χ3n) is 3.10. The van der Waals surface area contributed by atoms with Crippen molar-refractivity contribution in [1.82, 2.24) is 19.6 Å². The van der Waals surface area contributed by atoms with E-state index in [2.05, 4.69) is 10.2 Å². The van der Waals surface area contributed by atoms with E-state index in [9.17, 15) is 4.79 Å². The summed E-state index contributed by atoms with van der Waals surface area (Å²) in [5, 5.41) is 8.56. The molecule has 0 fully saturated rings. The first-order chi connectivity index (χ1) is 8.49. The number of ketones is 1. The highest BCUT2D eigenvalue weighted by atomic mass is 16.1. The summed E-state index contributed by atoms with van der Waals surface area (Å²) in [7, 11) is 1.90. The van der Waals surface area contributed by atoms with E-state index >= 15 is 0 Å². The number of rotatable bonds is 4. The van der Waals surface area contributed by atoms with Crippen LogP contribution in [0.4, 0.5) is 0 Å². The second kappa shape index (κ2) is 4.76. The van der Waals surface area contributed by atoms with E-state index in [1.54, 1.807) is 11.6 Å². The molecule has 2 rings (SSSR count). The van der Waals surface area contributed by atoms with Gasteiger partial charge in [-0.15, -0.1) is 0 Å². The van der Waals surface area contributed by atoms with Gasteiger partial charge in [-0.3, -0.25) is 14.2 Å². The molecule has 0 atom stereocenters. The lowest BCUT2D eigenvalue weighted by Gasteiger charge is -2.03. The van der Waals surface area contributed by atoms with Crippen LogP contribution in [0.25, 0.3) is 0 Å². The van der Waals surface area contributed by atoms with E-state index in [4.69, 9.17) is 0 Å². The number of nitrogens with zero attached hydrogens (tertiary/aromatic N) is 4.